The average molecular weight is 454 g/mol. The molecule has 0 aromatic heterocycles. The second kappa shape index (κ2) is 9.43. The maximum absolute atomic E-state index is 12.8. The first-order valence-corrected chi connectivity index (χ1v) is 10.8. The minimum Gasteiger partial charge on any atom is -0.496 e. The van der Waals surface area contributed by atoms with Crippen LogP contribution in [-0.4, -0.2) is 58.0 Å². The van der Waals surface area contributed by atoms with Crippen LogP contribution in [0.15, 0.2) is 47.4 Å². The number of amides is 2. The SMILES string of the molecule is COc1ccc(Cl)cc1C(=O)NNC(=O)c1cccc(S(=O)(=O)N2CCOCC2)c1. The Morgan fingerprint density at radius 3 is 2.47 bits per heavy atom. The fourth-order valence-electron chi connectivity index (χ4n) is 2.84. The third kappa shape index (κ3) is 4.90. The minimum absolute atomic E-state index is 0.0140. The summed E-state index contributed by atoms with van der Waals surface area (Å²) in [6.07, 6.45) is 0. The van der Waals surface area contributed by atoms with Crippen molar-refractivity contribution in [3.63, 3.8) is 0 Å². The van der Waals surface area contributed by atoms with Crippen LogP contribution in [0.5, 0.6) is 5.75 Å². The summed E-state index contributed by atoms with van der Waals surface area (Å²) in [6.45, 7) is 1.13. The van der Waals surface area contributed by atoms with E-state index in [9.17, 15) is 18.0 Å². The van der Waals surface area contributed by atoms with Gasteiger partial charge in [0.15, 0.2) is 0 Å². The molecule has 1 fully saturated rings. The maximum atomic E-state index is 12.8. The Balaban J connectivity index is 1.71. The predicted molar refractivity (Wildman–Crippen MR) is 109 cm³/mol. The van der Waals surface area contributed by atoms with E-state index in [1.54, 1.807) is 6.07 Å². The highest BCUT2D eigenvalue weighted by Crippen LogP contribution is 2.22. The molecule has 2 aromatic rings. The van der Waals surface area contributed by atoms with Crippen LogP contribution in [0.2, 0.25) is 5.02 Å². The Bertz CT molecular complexity index is 1050. The lowest BCUT2D eigenvalue weighted by Crippen LogP contribution is -2.42. The van der Waals surface area contributed by atoms with Gasteiger partial charge in [0, 0.05) is 23.7 Å². The highest BCUT2D eigenvalue weighted by atomic mass is 35.5. The van der Waals surface area contributed by atoms with Gasteiger partial charge in [0.2, 0.25) is 10.0 Å². The van der Waals surface area contributed by atoms with Crippen LogP contribution >= 0.6 is 11.6 Å². The van der Waals surface area contributed by atoms with Crippen molar-refractivity contribution in [3.8, 4) is 5.75 Å². The number of rotatable bonds is 5. The van der Waals surface area contributed by atoms with E-state index in [1.807, 2.05) is 0 Å². The van der Waals surface area contributed by atoms with Gasteiger partial charge in [-0.15, -0.1) is 0 Å². The van der Waals surface area contributed by atoms with E-state index in [2.05, 4.69) is 10.9 Å². The van der Waals surface area contributed by atoms with Crippen LogP contribution in [0.3, 0.4) is 0 Å². The molecule has 0 unspecified atom stereocenters. The Morgan fingerprint density at radius 2 is 1.77 bits per heavy atom. The highest BCUT2D eigenvalue weighted by molar-refractivity contribution is 7.89. The second-order valence-electron chi connectivity index (χ2n) is 6.30. The third-order valence-electron chi connectivity index (χ3n) is 4.40. The Morgan fingerprint density at radius 1 is 1.07 bits per heavy atom. The number of sulfonamides is 1. The van der Waals surface area contributed by atoms with Crippen molar-refractivity contribution in [1.82, 2.24) is 15.2 Å². The van der Waals surface area contributed by atoms with Gasteiger partial charge in [-0.25, -0.2) is 8.42 Å². The molecule has 0 radical (unpaired) electrons. The van der Waals surface area contributed by atoms with Gasteiger partial charge >= 0.3 is 0 Å². The number of halogens is 1. The fourth-order valence-corrected chi connectivity index (χ4v) is 4.47. The summed E-state index contributed by atoms with van der Waals surface area (Å²) in [6, 6.07) is 10.1. The van der Waals surface area contributed by atoms with E-state index in [1.165, 1.54) is 47.8 Å². The molecule has 1 aliphatic rings. The molecular weight excluding hydrogens is 434 g/mol. The van der Waals surface area contributed by atoms with Gasteiger partial charge in [-0.2, -0.15) is 4.31 Å². The highest BCUT2D eigenvalue weighted by Gasteiger charge is 2.27. The van der Waals surface area contributed by atoms with Crippen LogP contribution in [0.1, 0.15) is 20.7 Å². The monoisotopic (exact) mass is 453 g/mol. The smallest absolute Gasteiger partial charge is 0.273 e. The van der Waals surface area contributed by atoms with Crippen molar-refractivity contribution in [2.24, 2.45) is 0 Å². The predicted octanol–water partition coefficient (Wildman–Crippen LogP) is 1.44. The standard InChI is InChI=1S/C19H20ClN3O6S/c1-28-17-6-5-14(20)12-16(17)19(25)22-21-18(24)13-3-2-4-15(11-13)30(26,27)23-7-9-29-10-8-23/h2-6,11-12H,7-10H2,1H3,(H,21,24)(H,22,25). The molecule has 9 nitrogen and oxygen atoms in total. The summed E-state index contributed by atoms with van der Waals surface area (Å²) in [5.41, 5.74) is 4.73. The largest absolute Gasteiger partial charge is 0.496 e. The van der Waals surface area contributed by atoms with Crippen LogP contribution < -0.4 is 15.6 Å². The molecule has 0 spiro atoms. The van der Waals surface area contributed by atoms with Crippen molar-refractivity contribution in [1.29, 1.82) is 0 Å². The molecule has 2 N–H and O–H groups in total. The average Bonchev–Trinajstić information content (AvgIpc) is 2.77. The zero-order chi connectivity index (χ0) is 21.7. The molecule has 1 saturated heterocycles. The number of hydrazine groups is 1. The van der Waals surface area contributed by atoms with Crippen molar-refractivity contribution in [2.75, 3.05) is 33.4 Å². The van der Waals surface area contributed by atoms with Crippen LogP contribution in [-0.2, 0) is 14.8 Å². The zero-order valence-electron chi connectivity index (χ0n) is 16.1. The maximum Gasteiger partial charge on any atom is 0.273 e. The molecule has 0 aliphatic carbocycles. The minimum atomic E-state index is -3.75. The molecule has 30 heavy (non-hydrogen) atoms. The lowest BCUT2D eigenvalue weighted by molar-refractivity contribution is 0.0730. The van der Waals surface area contributed by atoms with Crippen molar-refractivity contribution >= 4 is 33.4 Å². The first-order valence-electron chi connectivity index (χ1n) is 8.95. The van der Waals surface area contributed by atoms with Gasteiger partial charge in [0.25, 0.3) is 11.8 Å². The van der Waals surface area contributed by atoms with Gasteiger partial charge in [0.1, 0.15) is 5.75 Å². The Kier molecular flexibility index (Phi) is 6.93. The van der Waals surface area contributed by atoms with Gasteiger partial charge in [-0.1, -0.05) is 17.7 Å². The first kappa shape index (κ1) is 22.0. The zero-order valence-corrected chi connectivity index (χ0v) is 17.6. The number of nitrogens with zero attached hydrogens (tertiary/aromatic N) is 1. The molecule has 1 heterocycles. The van der Waals surface area contributed by atoms with E-state index in [4.69, 9.17) is 21.1 Å². The summed E-state index contributed by atoms with van der Waals surface area (Å²) in [5.74, 6) is -1.03. The number of hydrogen-bond acceptors (Lipinski definition) is 6. The summed E-state index contributed by atoms with van der Waals surface area (Å²) in [5, 5.41) is 0.327. The number of methoxy groups -OCH3 is 1. The van der Waals surface area contributed by atoms with Crippen molar-refractivity contribution < 1.29 is 27.5 Å². The number of nitrogens with one attached hydrogen (secondary N) is 2. The number of benzene rings is 2. The molecular formula is C19H20ClN3O6S. The third-order valence-corrected chi connectivity index (χ3v) is 6.53. The molecule has 160 valence electrons. The molecule has 2 amide bonds. The normalized spacial score (nSPS) is 14.7. The van der Waals surface area contributed by atoms with E-state index < -0.39 is 21.8 Å². The summed E-state index contributed by atoms with van der Waals surface area (Å²) in [4.78, 5) is 24.8. The quantitative estimate of drug-likeness (QED) is 0.662. The first-order chi connectivity index (χ1) is 14.3. The summed E-state index contributed by atoms with van der Waals surface area (Å²) >= 11 is 5.91. The summed E-state index contributed by atoms with van der Waals surface area (Å²) < 4.78 is 37.1. The molecule has 11 heteroatoms. The van der Waals surface area contributed by atoms with Gasteiger partial charge in [-0.3, -0.25) is 20.4 Å². The molecule has 0 bridgehead atoms. The van der Waals surface area contributed by atoms with Gasteiger partial charge in [0.05, 0.1) is 30.8 Å². The van der Waals surface area contributed by atoms with Crippen molar-refractivity contribution in [2.45, 2.75) is 4.90 Å². The topological polar surface area (TPSA) is 114 Å². The molecule has 3 rings (SSSR count). The van der Waals surface area contributed by atoms with E-state index in [0.717, 1.165) is 0 Å². The molecule has 2 aromatic carbocycles. The lowest BCUT2D eigenvalue weighted by atomic mass is 10.2. The molecule has 0 saturated carbocycles. The van der Waals surface area contributed by atoms with Crippen LogP contribution in [0.25, 0.3) is 0 Å². The Labute approximate surface area is 178 Å². The van der Waals surface area contributed by atoms with Crippen LogP contribution in [0.4, 0.5) is 0 Å². The summed E-state index contributed by atoms with van der Waals surface area (Å²) in [7, 11) is -2.35. The number of morpholine rings is 1. The van der Waals surface area contributed by atoms with Crippen LogP contribution in [0, 0.1) is 0 Å². The van der Waals surface area contributed by atoms with E-state index >= 15 is 0 Å². The number of ether oxygens (including phenoxy) is 2. The number of carbonyl (C=O) groups is 2. The molecule has 1 aliphatic heterocycles. The second-order valence-corrected chi connectivity index (χ2v) is 8.67. The van der Waals surface area contributed by atoms with Crippen molar-refractivity contribution in [3.05, 3.63) is 58.6 Å². The van der Waals surface area contributed by atoms with Gasteiger partial charge < -0.3 is 9.47 Å². The number of carbonyl (C=O) groups excluding carboxylic acids is 2. The molecule has 0 atom stereocenters. The number of hydrogen-bond donors (Lipinski definition) is 2. The van der Waals surface area contributed by atoms with E-state index in [0.29, 0.717) is 18.2 Å². The lowest BCUT2D eigenvalue weighted by Gasteiger charge is -2.26. The van der Waals surface area contributed by atoms with Gasteiger partial charge in [-0.05, 0) is 36.4 Å². The van der Waals surface area contributed by atoms with E-state index in [-0.39, 0.29) is 34.9 Å². The fraction of sp³-hybridized carbons (Fsp3) is 0.263. The Hall–Kier alpha value is -2.66.